The number of carbonyl (C=O) groups is 2. The Bertz CT molecular complexity index is 784. The molecule has 0 aliphatic heterocycles. The second-order valence-electron chi connectivity index (χ2n) is 6.88. The van der Waals surface area contributed by atoms with Crippen LogP contribution in [0.15, 0.2) is 36.7 Å². The summed E-state index contributed by atoms with van der Waals surface area (Å²) in [5.74, 6) is -1.23. The van der Waals surface area contributed by atoms with E-state index >= 15 is 0 Å². The highest BCUT2D eigenvalue weighted by Crippen LogP contribution is 2.34. The summed E-state index contributed by atoms with van der Waals surface area (Å²) in [6.45, 7) is 2.76. The minimum absolute atomic E-state index is 0.157. The maximum Gasteiger partial charge on any atom is 0.326 e. The maximum atomic E-state index is 12.4. The molecule has 6 heteroatoms. The Balaban J connectivity index is 1.70. The van der Waals surface area contributed by atoms with E-state index in [1.807, 2.05) is 19.1 Å². The number of aromatic nitrogens is 2. The van der Waals surface area contributed by atoms with Crippen molar-refractivity contribution in [2.75, 3.05) is 0 Å². The van der Waals surface area contributed by atoms with Gasteiger partial charge in [-0.1, -0.05) is 31.2 Å². The van der Waals surface area contributed by atoms with Gasteiger partial charge in [0.1, 0.15) is 6.04 Å². The molecule has 138 valence electrons. The topological polar surface area (TPSA) is 84.2 Å². The molecular formula is C20H25N3O3. The Labute approximate surface area is 153 Å². The van der Waals surface area contributed by atoms with E-state index in [0.717, 1.165) is 32.2 Å². The van der Waals surface area contributed by atoms with Crippen LogP contribution in [0.1, 0.15) is 60.0 Å². The van der Waals surface area contributed by atoms with Gasteiger partial charge >= 0.3 is 5.97 Å². The van der Waals surface area contributed by atoms with Gasteiger partial charge < -0.3 is 10.4 Å². The lowest BCUT2D eigenvalue weighted by Gasteiger charge is -2.28. The number of aryl methyl sites for hydroxylation is 2. The molecule has 2 unspecified atom stereocenters. The van der Waals surface area contributed by atoms with E-state index in [9.17, 15) is 14.7 Å². The number of carbonyl (C=O) groups excluding carboxylic acids is 1. The Morgan fingerprint density at radius 3 is 2.96 bits per heavy atom. The van der Waals surface area contributed by atoms with Crippen molar-refractivity contribution in [3.05, 3.63) is 53.3 Å². The third-order valence-electron chi connectivity index (χ3n) is 4.97. The fourth-order valence-corrected chi connectivity index (χ4v) is 3.68. The molecule has 2 aromatic rings. The molecular weight excluding hydrogens is 330 g/mol. The van der Waals surface area contributed by atoms with Crippen LogP contribution in [0.4, 0.5) is 0 Å². The molecule has 1 aliphatic rings. The minimum Gasteiger partial charge on any atom is -0.480 e. The fraction of sp³-hybridized carbons (Fsp3) is 0.450. The van der Waals surface area contributed by atoms with Gasteiger partial charge in [0.25, 0.3) is 5.91 Å². The van der Waals surface area contributed by atoms with Gasteiger partial charge in [-0.05, 0) is 49.1 Å². The number of nitrogens with one attached hydrogen (secondary N) is 1. The number of amides is 1. The molecule has 1 aromatic carbocycles. The summed E-state index contributed by atoms with van der Waals surface area (Å²) in [5.41, 5.74) is 2.91. The standard InChI is InChI=1S/C20H25N3O3/c1-2-10-23-13-16(12-21-23)19(24)22-18(20(25)26)11-15-8-5-7-14-6-3-4-9-17(14)15/h3-4,6,9,12-13,15,18H,2,5,7-8,10-11H2,1H3,(H,22,24)(H,25,26). The molecule has 0 saturated carbocycles. The smallest absolute Gasteiger partial charge is 0.326 e. The monoisotopic (exact) mass is 355 g/mol. The number of carboxylic acid groups (broad SMARTS) is 1. The van der Waals surface area contributed by atoms with Crippen LogP contribution in [0.5, 0.6) is 0 Å². The summed E-state index contributed by atoms with van der Waals surface area (Å²) in [5, 5.41) is 16.4. The molecule has 1 aliphatic carbocycles. The van der Waals surface area contributed by atoms with Gasteiger partial charge in [-0.15, -0.1) is 0 Å². The summed E-state index contributed by atoms with van der Waals surface area (Å²) in [7, 11) is 0. The van der Waals surface area contributed by atoms with Gasteiger partial charge in [0.05, 0.1) is 11.8 Å². The first-order valence-electron chi connectivity index (χ1n) is 9.22. The van der Waals surface area contributed by atoms with E-state index < -0.39 is 12.0 Å². The molecule has 2 atom stereocenters. The lowest BCUT2D eigenvalue weighted by molar-refractivity contribution is -0.139. The van der Waals surface area contributed by atoms with E-state index in [1.165, 1.54) is 17.3 Å². The zero-order valence-corrected chi connectivity index (χ0v) is 15.0. The molecule has 26 heavy (non-hydrogen) atoms. The van der Waals surface area contributed by atoms with Crippen LogP contribution in [0, 0.1) is 0 Å². The summed E-state index contributed by atoms with van der Waals surface area (Å²) in [4.78, 5) is 24.2. The SMILES string of the molecule is CCCn1cc(C(=O)NC(CC2CCCc3ccccc32)C(=O)O)cn1. The third-order valence-corrected chi connectivity index (χ3v) is 4.97. The first-order valence-corrected chi connectivity index (χ1v) is 9.22. The highest BCUT2D eigenvalue weighted by Gasteiger charge is 2.28. The zero-order chi connectivity index (χ0) is 18.5. The summed E-state index contributed by atoms with van der Waals surface area (Å²) in [6.07, 6.45) is 7.50. The molecule has 0 saturated heterocycles. The van der Waals surface area contributed by atoms with Crippen LogP contribution >= 0.6 is 0 Å². The lowest BCUT2D eigenvalue weighted by atomic mass is 9.79. The minimum atomic E-state index is -0.998. The van der Waals surface area contributed by atoms with Gasteiger partial charge in [-0.25, -0.2) is 4.79 Å². The normalized spacial score (nSPS) is 17.3. The fourth-order valence-electron chi connectivity index (χ4n) is 3.68. The highest BCUT2D eigenvalue weighted by atomic mass is 16.4. The van der Waals surface area contributed by atoms with E-state index in [-0.39, 0.29) is 11.8 Å². The van der Waals surface area contributed by atoms with E-state index in [0.29, 0.717) is 12.0 Å². The lowest BCUT2D eigenvalue weighted by Crippen LogP contribution is -2.42. The molecule has 1 aromatic heterocycles. The van der Waals surface area contributed by atoms with Crippen molar-refractivity contribution in [1.29, 1.82) is 0 Å². The van der Waals surface area contributed by atoms with Crippen molar-refractivity contribution < 1.29 is 14.7 Å². The van der Waals surface area contributed by atoms with Gasteiger partial charge in [0.2, 0.25) is 0 Å². The van der Waals surface area contributed by atoms with Crippen molar-refractivity contribution >= 4 is 11.9 Å². The van der Waals surface area contributed by atoms with Crippen molar-refractivity contribution in [3.8, 4) is 0 Å². The average molecular weight is 355 g/mol. The Hall–Kier alpha value is -2.63. The molecule has 1 heterocycles. The van der Waals surface area contributed by atoms with Crippen LogP contribution in [-0.2, 0) is 17.8 Å². The van der Waals surface area contributed by atoms with E-state index in [2.05, 4.69) is 22.5 Å². The largest absolute Gasteiger partial charge is 0.480 e. The number of carboxylic acids is 1. The Morgan fingerprint density at radius 2 is 2.19 bits per heavy atom. The summed E-state index contributed by atoms with van der Waals surface area (Å²) < 4.78 is 1.70. The predicted molar refractivity (Wildman–Crippen MR) is 98.1 cm³/mol. The van der Waals surface area contributed by atoms with E-state index in [1.54, 1.807) is 10.9 Å². The second-order valence-corrected chi connectivity index (χ2v) is 6.88. The highest BCUT2D eigenvalue weighted by molar-refractivity contribution is 5.96. The summed E-state index contributed by atoms with van der Waals surface area (Å²) in [6, 6.07) is 7.29. The van der Waals surface area contributed by atoms with Crippen molar-refractivity contribution in [1.82, 2.24) is 15.1 Å². The van der Waals surface area contributed by atoms with Crippen molar-refractivity contribution in [2.24, 2.45) is 0 Å². The van der Waals surface area contributed by atoms with Gasteiger partial charge in [0, 0.05) is 12.7 Å². The van der Waals surface area contributed by atoms with Crippen LogP contribution < -0.4 is 5.32 Å². The van der Waals surface area contributed by atoms with Crippen LogP contribution in [0.3, 0.4) is 0 Å². The van der Waals surface area contributed by atoms with Gasteiger partial charge in [0.15, 0.2) is 0 Å². The molecule has 0 radical (unpaired) electrons. The number of rotatable bonds is 7. The Kier molecular flexibility index (Phi) is 5.71. The van der Waals surface area contributed by atoms with Gasteiger partial charge in [-0.2, -0.15) is 5.10 Å². The first-order chi connectivity index (χ1) is 12.6. The number of aliphatic carboxylic acids is 1. The molecule has 0 bridgehead atoms. The second kappa shape index (κ2) is 8.17. The maximum absolute atomic E-state index is 12.4. The number of fused-ring (bicyclic) bond motifs is 1. The average Bonchev–Trinajstić information content (AvgIpc) is 3.10. The Morgan fingerprint density at radius 1 is 1.38 bits per heavy atom. The number of benzene rings is 1. The number of nitrogens with zero attached hydrogens (tertiary/aromatic N) is 2. The molecule has 6 nitrogen and oxygen atoms in total. The molecule has 0 fully saturated rings. The van der Waals surface area contributed by atoms with Gasteiger partial charge in [-0.3, -0.25) is 9.48 Å². The third kappa shape index (κ3) is 4.12. The van der Waals surface area contributed by atoms with Crippen LogP contribution in [0.2, 0.25) is 0 Å². The van der Waals surface area contributed by atoms with Crippen molar-refractivity contribution in [2.45, 2.75) is 57.5 Å². The van der Waals surface area contributed by atoms with Crippen molar-refractivity contribution in [3.63, 3.8) is 0 Å². The zero-order valence-electron chi connectivity index (χ0n) is 15.0. The summed E-state index contributed by atoms with van der Waals surface area (Å²) >= 11 is 0. The first kappa shape index (κ1) is 18.2. The molecule has 3 rings (SSSR count). The predicted octanol–water partition coefficient (Wildman–Crippen LogP) is 2.99. The van der Waals surface area contributed by atoms with Crippen LogP contribution in [-0.4, -0.2) is 32.8 Å². The molecule has 0 spiro atoms. The molecule has 1 amide bonds. The molecule has 2 N–H and O–H groups in total. The number of hydrogen-bond acceptors (Lipinski definition) is 3. The number of hydrogen-bond donors (Lipinski definition) is 2. The quantitative estimate of drug-likeness (QED) is 0.800. The van der Waals surface area contributed by atoms with Crippen LogP contribution in [0.25, 0.3) is 0 Å². The van der Waals surface area contributed by atoms with E-state index in [4.69, 9.17) is 0 Å².